The van der Waals surface area contributed by atoms with Crippen LogP contribution >= 0.6 is 11.8 Å². The molecule has 0 amide bonds. The molecule has 1 aromatic carbocycles. The molecule has 1 fully saturated rings. The first-order chi connectivity index (χ1) is 8.82. The first kappa shape index (κ1) is 14.8. The van der Waals surface area contributed by atoms with Gasteiger partial charge >= 0.3 is 10.2 Å². The van der Waals surface area contributed by atoms with Gasteiger partial charge in [0, 0.05) is 24.6 Å². The lowest BCUT2D eigenvalue weighted by Gasteiger charge is -2.25. The van der Waals surface area contributed by atoms with Crippen molar-refractivity contribution < 1.29 is 20.7 Å². The zero-order valence-corrected chi connectivity index (χ0v) is 12.3. The van der Waals surface area contributed by atoms with Crippen LogP contribution < -0.4 is 0 Å². The van der Waals surface area contributed by atoms with E-state index in [4.69, 9.17) is 0 Å². The van der Waals surface area contributed by atoms with Gasteiger partial charge in [-0.15, -0.1) is 3.89 Å². The molecule has 1 aliphatic heterocycles. The molecule has 0 aromatic heterocycles. The van der Waals surface area contributed by atoms with Crippen molar-refractivity contribution in [2.45, 2.75) is 9.79 Å². The highest BCUT2D eigenvalue weighted by Crippen LogP contribution is 2.22. The van der Waals surface area contributed by atoms with Crippen molar-refractivity contribution in [2.24, 2.45) is 0 Å². The summed E-state index contributed by atoms with van der Waals surface area (Å²) in [6.07, 6.45) is 0. The third-order valence-electron chi connectivity index (χ3n) is 2.71. The van der Waals surface area contributed by atoms with E-state index in [2.05, 4.69) is 0 Å². The Hall–Kier alpha value is -0.640. The smallest absolute Gasteiger partial charge is 0.207 e. The van der Waals surface area contributed by atoms with Crippen LogP contribution in [-0.4, -0.2) is 45.7 Å². The quantitative estimate of drug-likeness (QED) is 0.778. The van der Waals surface area contributed by atoms with Crippen LogP contribution in [0.2, 0.25) is 0 Å². The van der Waals surface area contributed by atoms with E-state index in [0.29, 0.717) is 13.1 Å². The first-order valence-corrected chi connectivity index (χ1v) is 9.42. The topological polar surface area (TPSA) is 71.5 Å². The first-order valence-electron chi connectivity index (χ1n) is 5.44. The highest BCUT2D eigenvalue weighted by Gasteiger charge is 2.26. The zero-order chi connectivity index (χ0) is 14.1. The summed E-state index contributed by atoms with van der Waals surface area (Å²) in [6, 6.07) is 4.15. The summed E-state index contributed by atoms with van der Waals surface area (Å²) in [4.78, 5) is -0.563. The number of hydrogen-bond acceptors (Lipinski definition) is 5. The molecule has 0 N–H and O–H groups in total. The number of hydrogen-bond donors (Lipinski definition) is 0. The number of sulfonamides is 1. The Bertz CT molecular complexity index is 649. The van der Waals surface area contributed by atoms with Crippen LogP contribution in [0.25, 0.3) is 0 Å². The van der Waals surface area contributed by atoms with Crippen molar-refractivity contribution in [3.8, 4) is 0 Å². The van der Waals surface area contributed by atoms with Crippen molar-refractivity contribution in [1.82, 2.24) is 4.31 Å². The van der Waals surface area contributed by atoms with E-state index in [1.807, 2.05) is 0 Å². The Labute approximate surface area is 116 Å². The second-order valence-electron chi connectivity index (χ2n) is 3.93. The molecule has 1 heterocycles. The standard InChI is InChI=1S/C10H12FNO4S3/c11-18(13,14)9-1-3-10(4-2-9)19(15,16)12-5-7-17-8-6-12/h1-4H,5-8H2. The van der Waals surface area contributed by atoms with E-state index in [1.54, 1.807) is 11.8 Å². The van der Waals surface area contributed by atoms with Crippen LogP contribution in [0.1, 0.15) is 0 Å². The van der Waals surface area contributed by atoms with Gasteiger partial charge < -0.3 is 0 Å². The summed E-state index contributed by atoms with van der Waals surface area (Å²) in [5.41, 5.74) is 0. The van der Waals surface area contributed by atoms with Gasteiger partial charge in [0.15, 0.2) is 0 Å². The van der Waals surface area contributed by atoms with Gasteiger partial charge in [-0.1, -0.05) is 0 Å². The maximum atomic E-state index is 12.7. The maximum absolute atomic E-state index is 12.7. The third kappa shape index (κ3) is 3.28. The van der Waals surface area contributed by atoms with Crippen molar-refractivity contribution in [1.29, 1.82) is 0 Å². The van der Waals surface area contributed by atoms with E-state index in [-0.39, 0.29) is 4.90 Å². The van der Waals surface area contributed by atoms with Gasteiger partial charge in [-0.2, -0.15) is 24.5 Å². The van der Waals surface area contributed by atoms with Crippen LogP contribution in [0.3, 0.4) is 0 Å². The van der Waals surface area contributed by atoms with E-state index in [1.165, 1.54) is 4.31 Å². The minimum atomic E-state index is -4.80. The maximum Gasteiger partial charge on any atom is 0.332 e. The monoisotopic (exact) mass is 325 g/mol. The molecule has 0 unspecified atom stereocenters. The Morgan fingerprint density at radius 3 is 1.89 bits per heavy atom. The van der Waals surface area contributed by atoms with Crippen LogP contribution in [0.5, 0.6) is 0 Å². The molecule has 0 aliphatic carbocycles. The summed E-state index contributed by atoms with van der Waals surface area (Å²) in [7, 11) is -8.42. The van der Waals surface area contributed by atoms with Gasteiger partial charge in [-0.05, 0) is 24.3 Å². The van der Waals surface area contributed by atoms with E-state index < -0.39 is 25.1 Å². The molecule has 1 aromatic rings. The van der Waals surface area contributed by atoms with Crippen LogP contribution in [0, 0.1) is 0 Å². The zero-order valence-electron chi connectivity index (χ0n) is 9.82. The molecule has 1 aliphatic rings. The second kappa shape index (κ2) is 5.39. The Morgan fingerprint density at radius 2 is 1.42 bits per heavy atom. The number of thioether (sulfide) groups is 1. The number of rotatable bonds is 3. The lowest BCUT2D eigenvalue weighted by atomic mass is 10.4. The van der Waals surface area contributed by atoms with Crippen LogP contribution in [-0.2, 0) is 20.2 Å². The predicted molar refractivity (Wildman–Crippen MR) is 70.8 cm³/mol. The van der Waals surface area contributed by atoms with E-state index in [0.717, 1.165) is 35.8 Å². The SMILES string of the molecule is O=S(=O)(F)c1ccc(S(=O)(=O)N2CCSCC2)cc1. The fraction of sp³-hybridized carbons (Fsp3) is 0.400. The lowest BCUT2D eigenvalue weighted by Crippen LogP contribution is -2.37. The van der Waals surface area contributed by atoms with Crippen molar-refractivity contribution >= 4 is 32.0 Å². The van der Waals surface area contributed by atoms with Gasteiger partial charge in [0.25, 0.3) is 0 Å². The number of benzene rings is 1. The molecule has 106 valence electrons. The summed E-state index contributed by atoms with van der Waals surface area (Å²) >= 11 is 1.68. The molecule has 0 saturated carbocycles. The normalized spacial score (nSPS) is 18.4. The summed E-state index contributed by atoms with van der Waals surface area (Å²) < 4.78 is 59.8. The molecule has 0 spiro atoms. The van der Waals surface area contributed by atoms with Crippen molar-refractivity contribution in [2.75, 3.05) is 24.6 Å². The lowest BCUT2D eigenvalue weighted by molar-refractivity contribution is 0.443. The minimum Gasteiger partial charge on any atom is -0.207 e. The Kier molecular flexibility index (Phi) is 4.19. The van der Waals surface area contributed by atoms with Crippen LogP contribution in [0.15, 0.2) is 34.1 Å². The van der Waals surface area contributed by atoms with Gasteiger partial charge in [0.05, 0.1) is 9.79 Å². The average Bonchev–Trinajstić information content (AvgIpc) is 2.39. The van der Waals surface area contributed by atoms with Gasteiger partial charge in [-0.3, -0.25) is 0 Å². The molecule has 9 heteroatoms. The summed E-state index contributed by atoms with van der Waals surface area (Å²) in [5.74, 6) is 1.46. The van der Waals surface area contributed by atoms with Gasteiger partial charge in [0.2, 0.25) is 10.0 Å². The van der Waals surface area contributed by atoms with Crippen molar-refractivity contribution in [3.05, 3.63) is 24.3 Å². The van der Waals surface area contributed by atoms with Gasteiger partial charge in [-0.25, -0.2) is 8.42 Å². The van der Waals surface area contributed by atoms with Gasteiger partial charge in [0.1, 0.15) is 0 Å². The molecule has 0 atom stereocenters. The average molecular weight is 325 g/mol. The molecule has 0 bridgehead atoms. The molecule has 2 rings (SSSR count). The highest BCUT2D eigenvalue weighted by atomic mass is 32.3. The highest BCUT2D eigenvalue weighted by molar-refractivity contribution is 7.99. The fourth-order valence-electron chi connectivity index (χ4n) is 1.71. The summed E-state index contributed by atoms with van der Waals surface area (Å²) in [5, 5.41) is 0. The number of nitrogens with zero attached hydrogens (tertiary/aromatic N) is 1. The third-order valence-corrected chi connectivity index (χ3v) is 6.40. The number of halogens is 1. The van der Waals surface area contributed by atoms with E-state index in [9.17, 15) is 20.7 Å². The molecule has 0 radical (unpaired) electrons. The minimum absolute atomic E-state index is 0.0215. The molecule has 1 saturated heterocycles. The van der Waals surface area contributed by atoms with E-state index >= 15 is 0 Å². The molecular weight excluding hydrogens is 313 g/mol. The fourth-order valence-corrected chi connectivity index (χ4v) is 4.75. The molecular formula is C10H12FNO4S3. The largest absolute Gasteiger partial charge is 0.332 e. The molecule has 19 heavy (non-hydrogen) atoms. The predicted octanol–water partition coefficient (Wildman–Crippen LogP) is 1.08. The second-order valence-corrected chi connectivity index (χ2v) is 8.44. The van der Waals surface area contributed by atoms with Crippen molar-refractivity contribution in [3.63, 3.8) is 0 Å². The Balaban J connectivity index is 2.31. The molecule has 5 nitrogen and oxygen atoms in total. The summed E-state index contributed by atoms with van der Waals surface area (Å²) in [6.45, 7) is 0.853. The van der Waals surface area contributed by atoms with Crippen LogP contribution in [0.4, 0.5) is 3.89 Å². The Morgan fingerprint density at radius 1 is 0.947 bits per heavy atom.